The van der Waals surface area contributed by atoms with Gasteiger partial charge in [-0.25, -0.2) is 4.79 Å². The number of nitrogens with zero attached hydrogens (tertiary/aromatic N) is 2. The summed E-state index contributed by atoms with van der Waals surface area (Å²) in [6.45, 7) is 2.74. The number of aliphatic hydroxyl groups is 1. The summed E-state index contributed by atoms with van der Waals surface area (Å²) in [6.07, 6.45) is 2.46. The summed E-state index contributed by atoms with van der Waals surface area (Å²) in [6, 6.07) is 0.364. The third-order valence-electron chi connectivity index (χ3n) is 5.37. The summed E-state index contributed by atoms with van der Waals surface area (Å²) in [4.78, 5) is 28.0. The number of halogens is 1. The molecular formula is C15H21BBrN3O6. The van der Waals surface area contributed by atoms with E-state index in [2.05, 4.69) is 25.7 Å². The van der Waals surface area contributed by atoms with E-state index in [4.69, 9.17) is 14.0 Å². The number of hydrogen-bond acceptors (Lipinski definition) is 7. The molecule has 11 heteroatoms. The molecule has 142 valence electrons. The zero-order valence-electron chi connectivity index (χ0n) is 14.3. The lowest BCUT2D eigenvalue weighted by molar-refractivity contribution is -0.0464. The quantitative estimate of drug-likeness (QED) is 0.640. The molecule has 2 N–H and O–H groups in total. The average molecular weight is 430 g/mol. The molecule has 0 amide bonds. The van der Waals surface area contributed by atoms with Gasteiger partial charge < -0.3 is 19.2 Å². The first-order chi connectivity index (χ1) is 12.5. The van der Waals surface area contributed by atoms with E-state index in [-0.39, 0.29) is 17.2 Å². The van der Waals surface area contributed by atoms with Crippen molar-refractivity contribution in [2.24, 2.45) is 0 Å². The minimum Gasteiger partial charge on any atom is -0.394 e. The van der Waals surface area contributed by atoms with Gasteiger partial charge >= 0.3 is 12.9 Å². The van der Waals surface area contributed by atoms with E-state index in [1.165, 1.54) is 10.8 Å². The third-order valence-corrected chi connectivity index (χ3v) is 5.94. The standard InChI is InChI=1S/C15H21BBrN3O6/c1-8-10-3-2-4-20(10)16(25-8)26-11-5-13(24-12(11)7-21)19-6-9(17)14(22)18-15(19)23/h6,8,10-13,21H,2-5,7H2,1H3,(H,18,22,23)/t8-,10+,11?,12?,13?/m0/s1. The number of nitrogens with one attached hydrogen (secondary N) is 1. The highest BCUT2D eigenvalue weighted by molar-refractivity contribution is 9.10. The number of aromatic amines is 1. The Balaban J connectivity index is 1.50. The average Bonchev–Trinajstić information content (AvgIpc) is 3.29. The van der Waals surface area contributed by atoms with E-state index in [0.29, 0.717) is 12.5 Å². The summed E-state index contributed by atoms with van der Waals surface area (Å²) >= 11 is 3.12. The van der Waals surface area contributed by atoms with Crippen LogP contribution in [0.1, 0.15) is 32.4 Å². The fourth-order valence-electron chi connectivity index (χ4n) is 4.05. The van der Waals surface area contributed by atoms with E-state index in [1.54, 1.807) is 0 Å². The van der Waals surface area contributed by atoms with Crippen molar-refractivity contribution in [3.63, 3.8) is 0 Å². The molecule has 1 aromatic heterocycles. The van der Waals surface area contributed by atoms with Crippen LogP contribution >= 0.6 is 15.9 Å². The fourth-order valence-corrected chi connectivity index (χ4v) is 4.37. The van der Waals surface area contributed by atoms with Gasteiger partial charge in [-0.2, -0.15) is 0 Å². The van der Waals surface area contributed by atoms with Crippen LogP contribution in [0.3, 0.4) is 0 Å². The molecule has 3 fully saturated rings. The number of ether oxygens (including phenoxy) is 1. The maximum absolute atomic E-state index is 12.1. The Kier molecular flexibility index (Phi) is 5.10. The highest BCUT2D eigenvalue weighted by atomic mass is 79.9. The Morgan fingerprint density at radius 3 is 3.08 bits per heavy atom. The van der Waals surface area contributed by atoms with Gasteiger partial charge in [-0.1, -0.05) is 0 Å². The molecule has 1 aromatic rings. The molecule has 9 nitrogen and oxygen atoms in total. The lowest BCUT2D eigenvalue weighted by atomic mass is 10.0. The van der Waals surface area contributed by atoms with Gasteiger partial charge in [0.1, 0.15) is 12.3 Å². The zero-order chi connectivity index (χ0) is 18.4. The molecule has 0 radical (unpaired) electrons. The van der Waals surface area contributed by atoms with Crippen LogP contribution in [0, 0.1) is 0 Å². The minimum atomic E-state index is -0.633. The fraction of sp³-hybridized carbons (Fsp3) is 0.733. The Bertz CT molecular complexity index is 787. The summed E-state index contributed by atoms with van der Waals surface area (Å²) in [5.74, 6) is 0. The van der Waals surface area contributed by atoms with Gasteiger partial charge in [0.25, 0.3) is 5.56 Å². The van der Waals surface area contributed by atoms with E-state index in [0.717, 1.165) is 19.4 Å². The van der Waals surface area contributed by atoms with Crippen molar-refractivity contribution in [3.8, 4) is 0 Å². The molecule has 5 atom stereocenters. The lowest BCUT2D eigenvalue weighted by Crippen LogP contribution is -2.43. The second kappa shape index (κ2) is 7.21. The van der Waals surface area contributed by atoms with Crippen LogP contribution < -0.4 is 11.2 Å². The molecule has 0 aromatic carbocycles. The molecule has 0 bridgehead atoms. The second-order valence-electron chi connectivity index (χ2n) is 6.96. The summed E-state index contributed by atoms with van der Waals surface area (Å²) in [5.41, 5.74) is -1.06. The largest absolute Gasteiger partial charge is 0.558 e. The van der Waals surface area contributed by atoms with Crippen molar-refractivity contribution in [2.75, 3.05) is 13.2 Å². The summed E-state index contributed by atoms with van der Waals surface area (Å²) < 4.78 is 19.4. The first-order valence-corrected chi connectivity index (χ1v) is 9.61. The van der Waals surface area contributed by atoms with Crippen LogP contribution in [0.4, 0.5) is 0 Å². The number of rotatable bonds is 4. The van der Waals surface area contributed by atoms with E-state index >= 15 is 0 Å². The van der Waals surface area contributed by atoms with Crippen LogP contribution in [0.15, 0.2) is 20.3 Å². The van der Waals surface area contributed by atoms with Crippen LogP contribution in [-0.4, -0.2) is 64.2 Å². The Hall–Kier alpha value is -0.975. The summed E-state index contributed by atoms with van der Waals surface area (Å²) in [7, 11) is -0.460. The van der Waals surface area contributed by atoms with Gasteiger partial charge in [0.05, 0.1) is 23.3 Å². The van der Waals surface area contributed by atoms with Crippen LogP contribution in [-0.2, 0) is 14.0 Å². The van der Waals surface area contributed by atoms with Crippen molar-refractivity contribution in [1.82, 2.24) is 14.4 Å². The SMILES string of the molecule is C[C@@H]1OB(OC2CC(n3cc(Br)c(=O)[nH]c3=O)OC2CO)N2CCC[C@H]12. The van der Waals surface area contributed by atoms with E-state index < -0.39 is 36.9 Å². The Labute approximate surface area is 158 Å². The Morgan fingerprint density at radius 2 is 2.31 bits per heavy atom. The molecule has 3 aliphatic heterocycles. The van der Waals surface area contributed by atoms with Gasteiger partial charge in [0, 0.05) is 18.7 Å². The second-order valence-corrected chi connectivity index (χ2v) is 7.82. The van der Waals surface area contributed by atoms with Crippen molar-refractivity contribution in [1.29, 1.82) is 0 Å². The first kappa shape index (κ1) is 18.4. The predicted molar refractivity (Wildman–Crippen MR) is 95.5 cm³/mol. The van der Waals surface area contributed by atoms with Crippen molar-refractivity contribution in [2.45, 2.75) is 56.8 Å². The summed E-state index contributed by atoms with van der Waals surface area (Å²) in [5, 5.41) is 9.67. The monoisotopic (exact) mass is 429 g/mol. The smallest absolute Gasteiger partial charge is 0.394 e. The molecular weight excluding hydrogens is 409 g/mol. The van der Waals surface area contributed by atoms with E-state index in [1.807, 2.05) is 6.92 Å². The first-order valence-electron chi connectivity index (χ1n) is 8.82. The lowest BCUT2D eigenvalue weighted by Gasteiger charge is -2.23. The number of fused-ring (bicyclic) bond motifs is 1. The molecule has 0 spiro atoms. The molecule has 3 saturated heterocycles. The minimum absolute atomic E-state index is 0.103. The third kappa shape index (κ3) is 3.21. The molecule has 3 unspecified atom stereocenters. The molecule has 26 heavy (non-hydrogen) atoms. The Morgan fingerprint density at radius 1 is 1.50 bits per heavy atom. The normalized spacial score (nSPS) is 34.6. The van der Waals surface area contributed by atoms with Gasteiger partial charge in [0.15, 0.2) is 0 Å². The molecule has 0 aliphatic carbocycles. The van der Waals surface area contributed by atoms with Crippen molar-refractivity contribution >= 4 is 23.2 Å². The molecule has 4 rings (SSSR count). The van der Waals surface area contributed by atoms with Crippen LogP contribution in [0.5, 0.6) is 0 Å². The maximum atomic E-state index is 12.1. The van der Waals surface area contributed by atoms with Crippen LogP contribution in [0.2, 0.25) is 0 Å². The topological polar surface area (TPSA) is 106 Å². The highest BCUT2D eigenvalue weighted by Gasteiger charge is 2.50. The van der Waals surface area contributed by atoms with Crippen molar-refractivity contribution in [3.05, 3.63) is 31.5 Å². The number of aliphatic hydroxyl groups excluding tert-OH is 1. The van der Waals surface area contributed by atoms with Crippen LogP contribution in [0.25, 0.3) is 0 Å². The van der Waals surface area contributed by atoms with Crippen molar-refractivity contribution < 1.29 is 19.2 Å². The number of H-pyrrole nitrogens is 1. The zero-order valence-corrected chi connectivity index (χ0v) is 15.9. The number of aromatic nitrogens is 2. The van der Waals surface area contributed by atoms with Gasteiger partial charge in [0.2, 0.25) is 0 Å². The molecule has 4 heterocycles. The van der Waals surface area contributed by atoms with Gasteiger partial charge in [-0.05, 0) is 42.2 Å². The molecule has 0 saturated carbocycles. The van der Waals surface area contributed by atoms with E-state index in [9.17, 15) is 14.7 Å². The van der Waals surface area contributed by atoms with Gasteiger partial charge in [-0.15, -0.1) is 0 Å². The predicted octanol–water partition coefficient (Wildman–Crippen LogP) is -0.168. The molecule has 3 aliphatic rings. The highest BCUT2D eigenvalue weighted by Crippen LogP contribution is 2.35. The number of hydrogen-bond donors (Lipinski definition) is 2. The maximum Gasteiger partial charge on any atom is 0.558 e. The van der Waals surface area contributed by atoms with Gasteiger partial charge in [-0.3, -0.25) is 19.2 Å².